The molecule has 4 nitrogen and oxygen atoms in total. The van der Waals surface area contributed by atoms with Crippen molar-refractivity contribution in [3.63, 3.8) is 0 Å². The zero-order valence-corrected chi connectivity index (χ0v) is 16.7. The van der Waals surface area contributed by atoms with Crippen LogP contribution in [0.15, 0.2) is 48.5 Å². The molecule has 5 heterocycles. The van der Waals surface area contributed by atoms with Crippen LogP contribution in [0.2, 0.25) is 0 Å². The Morgan fingerprint density at radius 3 is 1.72 bits per heavy atom. The highest BCUT2D eigenvalue weighted by molar-refractivity contribution is 6.17. The molecule has 3 aromatic heterocycles. The van der Waals surface area contributed by atoms with E-state index in [1.165, 1.54) is 0 Å². The third-order valence-electron chi connectivity index (χ3n) is 5.11. The largest absolute Gasteiger partial charge is 0.355 e. The van der Waals surface area contributed by atoms with E-state index in [0.29, 0.717) is 5.88 Å². The van der Waals surface area contributed by atoms with E-state index < -0.39 is 0 Å². The normalized spacial score (nSPS) is 12.6. The minimum absolute atomic E-state index is 0.687. The van der Waals surface area contributed by atoms with Crippen molar-refractivity contribution in [2.75, 3.05) is 5.88 Å². The number of alkyl halides is 1. The van der Waals surface area contributed by atoms with Crippen LogP contribution >= 0.6 is 11.6 Å². The maximum absolute atomic E-state index is 5.90. The topological polar surface area (TPSA) is 46.5 Å². The molecule has 8 bridgehead atoms. The van der Waals surface area contributed by atoms with Crippen LogP contribution in [0.4, 0.5) is 0 Å². The Labute approximate surface area is 174 Å². The lowest BCUT2D eigenvalue weighted by Gasteiger charge is -2.05. The van der Waals surface area contributed by atoms with Gasteiger partial charge in [-0.25, -0.2) is 9.97 Å². The summed E-state index contributed by atoms with van der Waals surface area (Å²) in [5.41, 5.74) is 8.13. The Morgan fingerprint density at radius 1 is 0.690 bits per heavy atom. The van der Waals surface area contributed by atoms with Crippen molar-refractivity contribution in [2.45, 2.75) is 19.4 Å². The average Bonchev–Trinajstić information content (AvgIpc) is 3.49. The minimum Gasteiger partial charge on any atom is -0.355 e. The molecular weight excluding hydrogens is 380 g/mol. The van der Waals surface area contributed by atoms with Crippen LogP contribution in [0.1, 0.15) is 35.6 Å². The first kappa shape index (κ1) is 18.0. The van der Waals surface area contributed by atoms with E-state index in [4.69, 9.17) is 21.6 Å². The highest BCUT2D eigenvalue weighted by atomic mass is 35.5. The zero-order chi connectivity index (χ0) is 19.6. The van der Waals surface area contributed by atoms with E-state index in [1.54, 1.807) is 0 Å². The molecule has 0 aliphatic carbocycles. The van der Waals surface area contributed by atoms with Crippen LogP contribution in [0.25, 0.3) is 46.4 Å². The summed E-state index contributed by atoms with van der Waals surface area (Å²) in [6.07, 6.45) is 10.2. The molecule has 5 rings (SSSR count). The number of H-pyrrole nitrogens is 1. The maximum atomic E-state index is 5.90. The van der Waals surface area contributed by atoms with Gasteiger partial charge in [0.25, 0.3) is 0 Å². The van der Waals surface area contributed by atoms with Gasteiger partial charge in [-0.2, -0.15) is 0 Å². The van der Waals surface area contributed by atoms with Gasteiger partial charge in [0, 0.05) is 34.5 Å². The molecule has 0 amide bonds. The summed E-state index contributed by atoms with van der Waals surface area (Å²) in [5, 5.41) is 0. The number of unbranched alkanes of at least 4 members (excludes halogenated alkanes) is 1. The van der Waals surface area contributed by atoms with Gasteiger partial charge in [0.1, 0.15) is 0 Å². The summed E-state index contributed by atoms with van der Waals surface area (Å²) < 4.78 is 2.32. The lowest BCUT2D eigenvalue weighted by atomic mass is 10.3. The Bertz CT molecular complexity index is 1190. The molecule has 0 unspecified atom stereocenters. The molecular formula is C24H21ClN4. The fourth-order valence-corrected chi connectivity index (χ4v) is 3.89. The van der Waals surface area contributed by atoms with E-state index >= 15 is 0 Å². The maximum Gasteiger partial charge on any atom is 0.0658 e. The predicted octanol–water partition coefficient (Wildman–Crippen LogP) is 6.15. The molecule has 0 atom stereocenters. The van der Waals surface area contributed by atoms with Crippen LogP contribution in [0.5, 0.6) is 0 Å². The molecule has 0 spiro atoms. The van der Waals surface area contributed by atoms with E-state index in [1.807, 2.05) is 12.2 Å². The average molecular weight is 401 g/mol. The monoisotopic (exact) mass is 400 g/mol. The fourth-order valence-electron chi connectivity index (χ4n) is 3.70. The van der Waals surface area contributed by atoms with E-state index in [2.05, 4.69) is 70.2 Å². The second-order valence-electron chi connectivity index (χ2n) is 7.27. The summed E-state index contributed by atoms with van der Waals surface area (Å²) in [7, 11) is 0. The number of hydrogen-bond donors (Lipinski definition) is 1. The lowest BCUT2D eigenvalue weighted by molar-refractivity contribution is 0.666. The number of halogens is 1. The van der Waals surface area contributed by atoms with Gasteiger partial charge in [-0.3, -0.25) is 0 Å². The van der Waals surface area contributed by atoms with Crippen molar-refractivity contribution >= 4 is 58.0 Å². The third-order valence-corrected chi connectivity index (χ3v) is 5.38. The van der Waals surface area contributed by atoms with Crippen molar-refractivity contribution in [3.05, 3.63) is 71.3 Å². The number of aromatic nitrogens is 4. The summed E-state index contributed by atoms with van der Waals surface area (Å²) >= 11 is 5.90. The Balaban J connectivity index is 1.77. The van der Waals surface area contributed by atoms with Gasteiger partial charge in [0.05, 0.1) is 22.8 Å². The van der Waals surface area contributed by atoms with Crippen LogP contribution in [0.3, 0.4) is 0 Å². The van der Waals surface area contributed by atoms with E-state index in [0.717, 1.165) is 64.2 Å². The Hall–Kier alpha value is -3.11. The number of nitrogens with one attached hydrogen (secondary N) is 1. The van der Waals surface area contributed by atoms with Crippen LogP contribution < -0.4 is 0 Å². The quantitative estimate of drug-likeness (QED) is 0.290. The zero-order valence-electron chi connectivity index (χ0n) is 16.0. The predicted molar refractivity (Wildman–Crippen MR) is 122 cm³/mol. The molecule has 144 valence electrons. The second kappa shape index (κ2) is 7.72. The number of nitrogens with zero attached hydrogens (tertiary/aromatic N) is 3. The lowest BCUT2D eigenvalue weighted by Crippen LogP contribution is -1.97. The molecule has 3 aromatic rings. The SMILES string of the molecule is ClCCCCn1c2ccc1cc1nc(cc3ccc(cc4nc(c2)C=C4)[nH]3)C=C1. The second-order valence-corrected chi connectivity index (χ2v) is 7.64. The highest BCUT2D eigenvalue weighted by Gasteiger charge is 2.05. The first-order valence-electron chi connectivity index (χ1n) is 9.88. The number of fused-ring (bicyclic) bond motifs is 8. The third kappa shape index (κ3) is 3.89. The van der Waals surface area contributed by atoms with E-state index in [9.17, 15) is 0 Å². The van der Waals surface area contributed by atoms with Gasteiger partial charge in [-0.15, -0.1) is 11.6 Å². The number of aryl methyl sites for hydroxylation is 1. The molecule has 0 fully saturated rings. The number of aromatic amines is 1. The Kier molecular flexibility index (Phi) is 4.78. The molecule has 5 heteroatoms. The van der Waals surface area contributed by atoms with Gasteiger partial charge in [-0.05, 0) is 85.7 Å². The van der Waals surface area contributed by atoms with Crippen LogP contribution in [-0.4, -0.2) is 25.4 Å². The standard InChI is InChI=1S/C24H21ClN4/c25-11-1-2-12-29-23-9-10-24(29)16-22-8-6-20(28-22)14-18-4-3-17(26-18)13-19-5-7-21(15-23)27-19/h3-10,13-16,26H,1-2,11-12H2. The first-order chi connectivity index (χ1) is 14.3. The van der Waals surface area contributed by atoms with Gasteiger partial charge < -0.3 is 9.55 Å². The Morgan fingerprint density at radius 2 is 1.21 bits per heavy atom. The first-order valence-corrected chi connectivity index (χ1v) is 10.4. The van der Waals surface area contributed by atoms with Crippen molar-refractivity contribution in [1.29, 1.82) is 0 Å². The molecule has 1 N–H and O–H groups in total. The highest BCUT2D eigenvalue weighted by Crippen LogP contribution is 2.20. The smallest absolute Gasteiger partial charge is 0.0658 e. The summed E-state index contributed by atoms with van der Waals surface area (Å²) in [4.78, 5) is 12.9. The number of hydrogen-bond acceptors (Lipinski definition) is 2. The van der Waals surface area contributed by atoms with Gasteiger partial charge in [0.2, 0.25) is 0 Å². The van der Waals surface area contributed by atoms with Gasteiger partial charge in [0.15, 0.2) is 0 Å². The van der Waals surface area contributed by atoms with Gasteiger partial charge in [-0.1, -0.05) is 0 Å². The van der Waals surface area contributed by atoms with E-state index in [-0.39, 0.29) is 0 Å². The van der Waals surface area contributed by atoms with Crippen LogP contribution in [0, 0.1) is 0 Å². The summed E-state index contributed by atoms with van der Waals surface area (Å²) in [6.45, 7) is 0.917. The molecule has 0 saturated carbocycles. The molecule has 0 saturated heterocycles. The summed E-state index contributed by atoms with van der Waals surface area (Å²) in [6, 6.07) is 16.8. The number of rotatable bonds is 4. The molecule has 2 aliphatic rings. The van der Waals surface area contributed by atoms with Crippen molar-refractivity contribution < 1.29 is 0 Å². The molecule has 0 radical (unpaired) electrons. The van der Waals surface area contributed by atoms with Crippen molar-refractivity contribution in [2.24, 2.45) is 0 Å². The summed E-state index contributed by atoms with van der Waals surface area (Å²) in [5.74, 6) is 0.687. The molecule has 2 aliphatic heterocycles. The molecule has 0 aromatic carbocycles. The van der Waals surface area contributed by atoms with Crippen molar-refractivity contribution in [1.82, 2.24) is 19.5 Å². The van der Waals surface area contributed by atoms with Crippen molar-refractivity contribution in [3.8, 4) is 0 Å². The fraction of sp³-hybridized carbons (Fsp3) is 0.167. The van der Waals surface area contributed by atoms with Gasteiger partial charge >= 0.3 is 0 Å². The minimum atomic E-state index is 0.687. The molecule has 29 heavy (non-hydrogen) atoms. The van der Waals surface area contributed by atoms with Crippen LogP contribution in [-0.2, 0) is 6.54 Å².